The summed E-state index contributed by atoms with van der Waals surface area (Å²) >= 11 is 0. The molecule has 0 aliphatic rings. The summed E-state index contributed by atoms with van der Waals surface area (Å²) in [7, 11) is 4.78. The zero-order valence-electron chi connectivity index (χ0n) is 20.8. The maximum absolute atomic E-state index is 13.9. The molecule has 0 N–H and O–H groups in total. The van der Waals surface area contributed by atoms with Gasteiger partial charge in [0.15, 0.2) is 0 Å². The zero-order valence-corrected chi connectivity index (χ0v) is 20.8. The number of fused-ring (bicyclic) bond motifs is 2. The van der Waals surface area contributed by atoms with E-state index in [1.54, 1.807) is 22.8 Å². The Morgan fingerprint density at radius 1 is 1.09 bits per heavy atom. The number of ether oxygens (including phenoxy) is 2. The van der Waals surface area contributed by atoms with Crippen molar-refractivity contribution >= 4 is 27.8 Å². The van der Waals surface area contributed by atoms with E-state index < -0.39 is 23.3 Å². The van der Waals surface area contributed by atoms with E-state index in [9.17, 15) is 14.4 Å². The Kier molecular flexibility index (Phi) is 6.82. The van der Waals surface area contributed by atoms with E-state index in [1.807, 2.05) is 49.9 Å². The number of aryl methyl sites for hydroxylation is 2. The number of carbonyl (C=O) groups is 1. The maximum Gasteiger partial charge on any atom is 0.332 e. The number of unbranched alkanes of at least 4 members (excludes halogenated alkanes) is 1. The molecule has 0 aliphatic heterocycles. The molecule has 4 aromatic rings. The largest absolute Gasteiger partial charge is 0.497 e. The molecule has 0 bridgehead atoms. The molecule has 0 spiro atoms. The summed E-state index contributed by atoms with van der Waals surface area (Å²) in [5.41, 5.74) is 2.49. The predicted molar refractivity (Wildman–Crippen MR) is 136 cm³/mol. The van der Waals surface area contributed by atoms with Crippen molar-refractivity contribution in [2.75, 3.05) is 14.2 Å². The highest BCUT2D eigenvalue weighted by atomic mass is 16.5. The molecule has 0 aliphatic carbocycles. The molecule has 4 rings (SSSR count). The van der Waals surface area contributed by atoms with Crippen LogP contribution in [0.5, 0.6) is 5.75 Å². The van der Waals surface area contributed by atoms with Gasteiger partial charge in [-0.25, -0.2) is 14.2 Å². The van der Waals surface area contributed by atoms with E-state index >= 15 is 0 Å². The molecule has 8 heteroatoms. The molecule has 8 nitrogen and oxygen atoms in total. The van der Waals surface area contributed by atoms with Crippen LogP contribution in [-0.4, -0.2) is 33.9 Å². The SMILES string of the molecule is CCCC[C@@H](C(=O)OC)n1c(=O)c2ccc(OC)cc2n(Cc2cn(C)c3cccc(C)c23)c1=O. The highest BCUT2D eigenvalue weighted by Crippen LogP contribution is 2.26. The first-order valence-electron chi connectivity index (χ1n) is 11.8. The Morgan fingerprint density at radius 3 is 2.54 bits per heavy atom. The van der Waals surface area contributed by atoms with Gasteiger partial charge in [-0.2, -0.15) is 0 Å². The molecule has 0 fully saturated rings. The zero-order chi connectivity index (χ0) is 25.3. The van der Waals surface area contributed by atoms with Crippen molar-refractivity contribution in [3.63, 3.8) is 0 Å². The van der Waals surface area contributed by atoms with Gasteiger partial charge in [-0.15, -0.1) is 0 Å². The summed E-state index contributed by atoms with van der Waals surface area (Å²) in [5.74, 6) is -0.0644. The lowest BCUT2D eigenvalue weighted by Gasteiger charge is -2.20. The van der Waals surface area contributed by atoms with Crippen molar-refractivity contribution in [3.05, 3.63) is 74.6 Å². The molecule has 0 radical (unpaired) electrons. The first-order chi connectivity index (χ1) is 16.8. The van der Waals surface area contributed by atoms with E-state index in [-0.39, 0.29) is 6.54 Å². The molecule has 0 saturated heterocycles. The molecule has 184 valence electrons. The lowest BCUT2D eigenvalue weighted by molar-refractivity contribution is -0.145. The first kappa shape index (κ1) is 24.3. The van der Waals surface area contributed by atoms with Gasteiger partial charge >= 0.3 is 11.7 Å². The third kappa shape index (κ3) is 4.24. The number of esters is 1. The van der Waals surface area contributed by atoms with Crippen LogP contribution >= 0.6 is 0 Å². The van der Waals surface area contributed by atoms with Gasteiger partial charge in [-0.05, 0) is 42.7 Å². The van der Waals surface area contributed by atoms with Gasteiger partial charge in [0.05, 0.1) is 31.7 Å². The van der Waals surface area contributed by atoms with Gasteiger partial charge in [0.2, 0.25) is 0 Å². The molecule has 1 atom stereocenters. The average molecular weight is 478 g/mol. The Morgan fingerprint density at radius 2 is 1.86 bits per heavy atom. The second kappa shape index (κ2) is 9.82. The summed E-state index contributed by atoms with van der Waals surface area (Å²) in [6, 6.07) is 10.1. The Labute approximate surface area is 203 Å². The van der Waals surface area contributed by atoms with Crippen LogP contribution in [0.1, 0.15) is 43.4 Å². The van der Waals surface area contributed by atoms with Crippen LogP contribution in [0, 0.1) is 6.92 Å². The standard InChI is InChI=1S/C27H31N3O5/c1-6-7-10-22(26(32)35-5)30-25(31)20-13-12-19(34-4)14-23(20)29(27(30)33)16-18-15-28(3)21-11-8-9-17(2)24(18)21/h8-9,11-15,22H,6-7,10,16H2,1-5H3/t22-/m0/s1. The number of methoxy groups -OCH3 is 2. The van der Waals surface area contributed by atoms with Gasteiger partial charge in [-0.3, -0.25) is 9.36 Å². The monoisotopic (exact) mass is 477 g/mol. The summed E-state index contributed by atoms with van der Waals surface area (Å²) in [5, 5.41) is 1.40. The highest BCUT2D eigenvalue weighted by molar-refractivity contribution is 5.87. The molecule has 2 aromatic carbocycles. The van der Waals surface area contributed by atoms with Crippen LogP contribution in [-0.2, 0) is 23.1 Å². The normalized spacial score (nSPS) is 12.3. The topological polar surface area (TPSA) is 84.5 Å². The quantitative estimate of drug-likeness (QED) is 0.359. The minimum Gasteiger partial charge on any atom is -0.497 e. The first-order valence-corrected chi connectivity index (χ1v) is 11.8. The third-order valence-corrected chi connectivity index (χ3v) is 6.63. The van der Waals surface area contributed by atoms with Gasteiger partial charge in [0.25, 0.3) is 5.56 Å². The van der Waals surface area contributed by atoms with Crippen molar-refractivity contribution < 1.29 is 14.3 Å². The summed E-state index contributed by atoms with van der Waals surface area (Å²) in [4.78, 5) is 40.2. The second-order valence-corrected chi connectivity index (χ2v) is 8.84. The molecular formula is C27H31N3O5. The highest BCUT2D eigenvalue weighted by Gasteiger charge is 2.27. The van der Waals surface area contributed by atoms with Crippen molar-refractivity contribution in [3.8, 4) is 5.75 Å². The smallest absolute Gasteiger partial charge is 0.332 e. The minimum atomic E-state index is -0.994. The summed E-state index contributed by atoms with van der Waals surface area (Å²) in [6.07, 6.45) is 3.83. The lowest BCUT2D eigenvalue weighted by atomic mass is 10.1. The predicted octanol–water partition coefficient (Wildman–Crippen LogP) is 3.92. The van der Waals surface area contributed by atoms with Crippen molar-refractivity contribution in [1.82, 2.24) is 13.7 Å². The van der Waals surface area contributed by atoms with Crippen LogP contribution in [0.15, 0.2) is 52.2 Å². The fourth-order valence-corrected chi connectivity index (χ4v) is 4.83. The number of nitrogens with zero attached hydrogens (tertiary/aromatic N) is 3. The van der Waals surface area contributed by atoms with Crippen molar-refractivity contribution in [1.29, 1.82) is 0 Å². The summed E-state index contributed by atoms with van der Waals surface area (Å²) in [6.45, 7) is 4.26. The molecule has 35 heavy (non-hydrogen) atoms. The number of hydrogen-bond donors (Lipinski definition) is 0. The second-order valence-electron chi connectivity index (χ2n) is 8.84. The minimum absolute atomic E-state index is 0.229. The lowest BCUT2D eigenvalue weighted by Crippen LogP contribution is -2.45. The van der Waals surface area contributed by atoms with Gasteiger partial charge in [-0.1, -0.05) is 31.9 Å². The fourth-order valence-electron chi connectivity index (χ4n) is 4.83. The molecule has 0 saturated carbocycles. The number of benzene rings is 2. The van der Waals surface area contributed by atoms with Gasteiger partial charge < -0.3 is 14.0 Å². The number of rotatable bonds is 8. The molecule has 2 heterocycles. The fraction of sp³-hybridized carbons (Fsp3) is 0.370. The van der Waals surface area contributed by atoms with Crippen LogP contribution in [0.2, 0.25) is 0 Å². The van der Waals surface area contributed by atoms with Crippen molar-refractivity contribution in [2.45, 2.75) is 45.7 Å². The van der Waals surface area contributed by atoms with Crippen LogP contribution in [0.25, 0.3) is 21.8 Å². The van der Waals surface area contributed by atoms with Crippen molar-refractivity contribution in [2.24, 2.45) is 7.05 Å². The van der Waals surface area contributed by atoms with Crippen LogP contribution in [0.4, 0.5) is 0 Å². The maximum atomic E-state index is 13.9. The number of carbonyl (C=O) groups excluding carboxylic acids is 1. The Hall–Kier alpha value is -3.81. The Bertz CT molecular complexity index is 1530. The van der Waals surface area contributed by atoms with E-state index in [0.717, 1.165) is 33.0 Å². The van der Waals surface area contributed by atoms with Gasteiger partial charge in [0.1, 0.15) is 11.8 Å². The average Bonchev–Trinajstić information content (AvgIpc) is 3.19. The third-order valence-electron chi connectivity index (χ3n) is 6.63. The van der Waals surface area contributed by atoms with E-state index in [4.69, 9.17) is 9.47 Å². The van der Waals surface area contributed by atoms with E-state index in [1.165, 1.54) is 14.2 Å². The Balaban J connectivity index is 2.03. The molecule has 0 amide bonds. The molecular weight excluding hydrogens is 446 g/mol. The van der Waals surface area contributed by atoms with Crippen LogP contribution < -0.4 is 16.0 Å². The van der Waals surface area contributed by atoms with E-state index in [2.05, 4.69) is 0 Å². The van der Waals surface area contributed by atoms with Gasteiger partial charge in [0, 0.05) is 30.2 Å². The molecule has 2 aromatic heterocycles. The summed E-state index contributed by atoms with van der Waals surface area (Å²) < 4.78 is 15.0. The molecule has 0 unspecified atom stereocenters. The van der Waals surface area contributed by atoms with E-state index in [0.29, 0.717) is 29.5 Å². The number of hydrogen-bond acceptors (Lipinski definition) is 5. The van der Waals surface area contributed by atoms with Crippen LogP contribution in [0.3, 0.4) is 0 Å². The number of aromatic nitrogens is 3.